The number of nitrogens with one attached hydrogen (secondary N) is 1. The van der Waals surface area contributed by atoms with Crippen molar-refractivity contribution in [1.82, 2.24) is 4.98 Å². The van der Waals surface area contributed by atoms with E-state index in [0.29, 0.717) is 49.4 Å². The van der Waals surface area contributed by atoms with E-state index in [2.05, 4.69) is 81.1 Å². The predicted molar refractivity (Wildman–Crippen MR) is 266 cm³/mol. The summed E-state index contributed by atoms with van der Waals surface area (Å²) in [5.41, 5.74) is 17.1. The van der Waals surface area contributed by atoms with Gasteiger partial charge in [-0.25, -0.2) is 4.98 Å². The average molecular weight is 924 g/mol. The average Bonchev–Trinajstić information content (AvgIpc) is 3.91. The largest absolute Gasteiger partial charge is 0.494 e. The summed E-state index contributed by atoms with van der Waals surface area (Å²) in [5.74, 6) is 4.47. The van der Waals surface area contributed by atoms with E-state index in [1.165, 1.54) is 26.0 Å². The molecule has 0 unspecified atom stereocenters. The first-order chi connectivity index (χ1) is 30.9. The van der Waals surface area contributed by atoms with Crippen LogP contribution in [0.4, 0.5) is 0 Å². The highest BCUT2D eigenvalue weighted by molar-refractivity contribution is 7.12. The first kappa shape index (κ1) is 51.5. The molecule has 348 valence electrons. The minimum atomic E-state index is 0. The van der Waals surface area contributed by atoms with E-state index in [-0.39, 0.29) is 19.1 Å². The van der Waals surface area contributed by atoms with Crippen molar-refractivity contribution in [2.45, 2.75) is 99.3 Å². The molecule has 0 bridgehead atoms. The van der Waals surface area contributed by atoms with Crippen molar-refractivity contribution in [1.29, 1.82) is 0 Å². The highest BCUT2D eigenvalue weighted by atomic mass is 32.1. The van der Waals surface area contributed by atoms with Gasteiger partial charge in [0.25, 0.3) is 0 Å². The number of aromatic nitrogens is 2. The van der Waals surface area contributed by atoms with E-state index in [1.54, 1.807) is 35.6 Å². The van der Waals surface area contributed by atoms with Crippen molar-refractivity contribution in [3.8, 4) is 45.5 Å². The molecular formula is C51H67N6O6S2+. The number of nitrogens with zero attached hydrogens (tertiary/aromatic N) is 3. The van der Waals surface area contributed by atoms with Gasteiger partial charge in [-0.1, -0.05) is 56.8 Å². The topological polar surface area (TPSA) is 181 Å². The maximum absolute atomic E-state index is 8.68. The standard InChI is InChI=1S/2C25H31N3O3S.CH4/c2*1-17(2)24-23(27-18(3)32-24)19-7-11-21(12-8-19)30-15-5-4-6-16-31-22-13-9-20(10-14-22)25(26)28-29;/h2*7-14,17,29H,4-6,15-16H2,1-3H3,(H2,26,28);1H4/p+1. The smallest absolute Gasteiger partial charge is 0.233 e. The summed E-state index contributed by atoms with van der Waals surface area (Å²) < 4.78 is 23.3. The first-order valence-corrected chi connectivity index (χ1v) is 23.5. The Morgan fingerprint density at radius 2 is 0.923 bits per heavy atom. The Morgan fingerprint density at radius 1 is 0.554 bits per heavy atom. The summed E-state index contributed by atoms with van der Waals surface area (Å²) in [4.78, 5) is 10.9. The normalized spacial score (nSPS) is 11.5. The zero-order valence-electron chi connectivity index (χ0n) is 37.8. The summed E-state index contributed by atoms with van der Waals surface area (Å²) in [6.45, 7) is 15.7. The van der Waals surface area contributed by atoms with Gasteiger partial charge in [-0.15, -0.1) is 11.3 Å². The van der Waals surface area contributed by atoms with Crippen LogP contribution in [0.25, 0.3) is 22.5 Å². The Bertz CT molecular complexity index is 2190. The van der Waals surface area contributed by atoms with Gasteiger partial charge in [-0.3, -0.25) is 0 Å². The summed E-state index contributed by atoms with van der Waals surface area (Å²) in [5, 5.41) is 25.7. The van der Waals surface area contributed by atoms with Crippen molar-refractivity contribution < 1.29 is 34.3 Å². The number of benzene rings is 4. The number of unbranched alkanes of at least 4 members (excludes halogenated alkanes) is 4. The highest BCUT2D eigenvalue weighted by Crippen LogP contribution is 2.35. The molecule has 0 saturated carbocycles. The van der Waals surface area contributed by atoms with Crippen LogP contribution in [0.15, 0.2) is 107 Å². The number of hydrogen-bond acceptors (Lipinski definition) is 11. The first-order valence-electron chi connectivity index (χ1n) is 21.8. The molecule has 0 fully saturated rings. The third-order valence-corrected chi connectivity index (χ3v) is 12.6. The number of amidine groups is 2. The van der Waals surface area contributed by atoms with Gasteiger partial charge in [0, 0.05) is 34.1 Å². The zero-order valence-corrected chi connectivity index (χ0v) is 39.4. The molecule has 0 aliphatic heterocycles. The van der Waals surface area contributed by atoms with Crippen molar-refractivity contribution in [2.24, 2.45) is 21.8 Å². The Hall–Kier alpha value is -6.12. The van der Waals surface area contributed by atoms with Crippen LogP contribution >= 0.6 is 22.7 Å². The van der Waals surface area contributed by atoms with Crippen LogP contribution in [-0.2, 0) is 0 Å². The molecule has 0 aliphatic carbocycles. The molecule has 6 rings (SSSR count). The summed E-state index contributed by atoms with van der Waals surface area (Å²) in [6, 6.07) is 30.9. The molecule has 0 amide bonds. The Balaban J connectivity index is 0.000000280. The Morgan fingerprint density at radius 3 is 1.29 bits per heavy atom. The van der Waals surface area contributed by atoms with Crippen LogP contribution in [0.5, 0.6) is 23.0 Å². The molecular weight excluding hydrogens is 857 g/mol. The third-order valence-electron chi connectivity index (χ3n) is 10.1. The monoisotopic (exact) mass is 923 g/mol. The van der Waals surface area contributed by atoms with Crippen LogP contribution in [-0.4, -0.2) is 53.5 Å². The van der Waals surface area contributed by atoms with E-state index < -0.39 is 0 Å². The second-order valence-electron chi connectivity index (χ2n) is 15.9. The van der Waals surface area contributed by atoms with Crippen LogP contribution in [0.3, 0.4) is 0 Å². The lowest BCUT2D eigenvalue weighted by atomic mass is 10.1. The minimum absolute atomic E-state index is 0. The second-order valence-corrected chi connectivity index (χ2v) is 18.4. The summed E-state index contributed by atoms with van der Waals surface area (Å²) >= 11 is 3.60. The van der Waals surface area contributed by atoms with Gasteiger partial charge < -0.3 is 40.8 Å². The Kier molecular flexibility index (Phi) is 21.1. The molecule has 0 atom stereocenters. The molecule has 0 saturated heterocycles. The number of oxime groups is 2. The van der Waals surface area contributed by atoms with Gasteiger partial charge in [-0.2, -0.15) is 4.98 Å². The van der Waals surface area contributed by atoms with E-state index in [1.807, 2.05) is 59.9 Å². The third kappa shape index (κ3) is 16.1. The second kappa shape index (κ2) is 26.6. The van der Waals surface area contributed by atoms with Gasteiger partial charge in [0.2, 0.25) is 10.7 Å². The SMILES string of the molecule is C.Cc1[nH+]c(-c2ccc(OCCCCCOc3ccc(/C(N)=N/O)cc3)cc2)c(C(C)C)s1.Cc1nc(-c2ccc(OCCCCCOc3ccc(/C(N)=N/O)cc3)cc2)c(C(C)C)s1. The molecule has 2 aromatic heterocycles. The number of ether oxygens (including phenoxy) is 4. The lowest BCUT2D eigenvalue weighted by Crippen LogP contribution is -2.12. The van der Waals surface area contributed by atoms with Crippen molar-refractivity contribution >= 4 is 34.3 Å². The molecule has 6 aromatic rings. The quantitative estimate of drug-likeness (QED) is 0.0169. The van der Waals surface area contributed by atoms with Gasteiger partial charge in [0.1, 0.15) is 23.0 Å². The highest BCUT2D eigenvalue weighted by Gasteiger charge is 2.20. The molecule has 0 radical (unpaired) electrons. The van der Waals surface area contributed by atoms with Crippen molar-refractivity contribution in [2.75, 3.05) is 26.4 Å². The van der Waals surface area contributed by atoms with Gasteiger partial charge in [0.15, 0.2) is 11.7 Å². The lowest BCUT2D eigenvalue weighted by Gasteiger charge is -2.09. The van der Waals surface area contributed by atoms with Crippen molar-refractivity contribution in [3.63, 3.8) is 0 Å². The van der Waals surface area contributed by atoms with Crippen LogP contribution < -0.4 is 35.4 Å². The minimum Gasteiger partial charge on any atom is -0.494 e. The molecule has 0 aliphatic rings. The lowest BCUT2D eigenvalue weighted by molar-refractivity contribution is -0.367. The van der Waals surface area contributed by atoms with Crippen LogP contribution in [0.1, 0.15) is 116 Å². The predicted octanol–water partition coefficient (Wildman–Crippen LogP) is 12.0. The number of aryl methyl sites for hydroxylation is 2. The van der Waals surface area contributed by atoms with Crippen LogP contribution in [0.2, 0.25) is 0 Å². The van der Waals surface area contributed by atoms with E-state index in [9.17, 15) is 0 Å². The number of thiazole rings is 2. The number of rotatable bonds is 22. The maximum Gasteiger partial charge on any atom is 0.233 e. The van der Waals surface area contributed by atoms with E-state index in [0.717, 1.165) is 77.8 Å². The molecule has 12 nitrogen and oxygen atoms in total. The van der Waals surface area contributed by atoms with Gasteiger partial charge in [-0.05, 0) is 154 Å². The fourth-order valence-electron chi connectivity index (χ4n) is 6.65. The molecule has 4 aromatic carbocycles. The fraction of sp³-hybridized carbons (Fsp3) is 0.373. The molecule has 0 spiro atoms. The number of hydrogen-bond donors (Lipinski definition) is 4. The molecule has 14 heteroatoms. The summed E-state index contributed by atoms with van der Waals surface area (Å²) in [6.07, 6.45) is 5.90. The molecule has 2 heterocycles. The molecule has 65 heavy (non-hydrogen) atoms. The Labute approximate surface area is 393 Å². The van der Waals surface area contributed by atoms with Crippen molar-refractivity contribution in [3.05, 3.63) is 128 Å². The summed E-state index contributed by atoms with van der Waals surface area (Å²) in [7, 11) is 0. The number of aromatic amines is 1. The van der Waals surface area contributed by atoms with E-state index >= 15 is 0 Å². The fourth-order valence-corrected chi connectivity index (χ4v) is 8.59. The maximum atomic E-state index is 8.68. The van der Waals surface area contributed by atoms with E-state index in [4.69, 9.17) is 45.8 Å². The molecule has 7 N–H and O–H groups in total. The van der Waals surface area contributed by atoms with Gasteiger partial charge >= 0.3 is 0 Å². The van der Waals surface area contributed by atoms with Gasteiger partial charge in [0.05, 0.1) is 42.0 Å². The zero-order chi connectivity index (χ0) is 45.8. The number of H-pyrrole nitrogens is 1. The van der Waals surface area contributed by atoms with Crippen LogP contribution in [0, 0.1) is 13.8 Å². The number of nitrogens with two attached hydrogens (primary N) is 2.